The van der Waals surface area contributed by atoms with Crippen LogP contribution >= 0.6 is 0 Å². The van der Waals surface area contributed by atoms with Crippen molar-refractivity contribution < 1.29 is 24.5 Å². The van der Waals surface area contributed by atoms with Gasteiger partial charge in [0.1, 0.15) is 11.4 Å². The summed E-state index contributed by atoms with van der Waals surface area (Å²) in [5.74, 6) is -1.42. The third-order valence-electron chi connectivity index (χ3n) is 2.88. The zero-order valence-electron chi connectivity index (χ0n) is 10.3. The van der Waals surface area contributed by atoms with Crippen LogP contribution in [0.5, 0.6) is 5.75 Å². The molecule has 0 aliphatic heterocycles. The predicted molar refractivity (Wildman–Crippen MR) is 67.7 cm³/mol. The molecule has 0 aliphatic carbocycles. The van der Waals surface area contributed by atoms with Crippen molar-refractivity contribution in [2.24, 2.45) is 0 Å². The fourth-order valence-corrected chi connectivity index (χ4v) is 2.00. The van der Waals surface area contributed by atoms with E-state index in [1.54, 1.807) is 18.2 Å². The number of fused-ring (bicyclic) bond motifs is 1. The number of aromatic carboxylic acids is 1. The van der Waals surface area contributed by atoms with Crippen LogP contribution in [0.15, 0.2) is 24.3 Å². The Morgan fingerprint density at radius 1 is 1.26 bits per heavy atom. The lowest BCUT2D eigenvalue weighted by Gasteiger charge is -2.06. The number of aryl methyl sites for hydroxylation is 1. The van der Waals surface area contributed by atoms with E-state index in [2.05, 4.69) is 0 Å². The van der Waals surface area contributed by atoms with Crippen LogP contribution in [0.25, 0.3) is 10.9 Å². The second-order valence-electron chi connectivity index (χ2n) is 4.05. The third-order valence-corrected chi connectivity index (χ3v) is 2.88. The van der Waals surface area contributed by atoms with E-state index < -0.39 is 11.9 Å². The summed E-state index contributed by atoms with van der Waals surface area (Å²) in [4.78, 5) is 21.8. The standard InChI is InChI=1S/C13H13NO5/c1-19-9-2-3-10-8(6-9)7-11(13(17)18)14(10)5-4-12(15)16/h2-3,6-7H,4-5H2,1H3,(H,15,16)(H,17,18). The van der Waals surface area contributed by atoms with E-state index in [9.17, 15) is 9.59 Å². The molecule has 0 spiro atoms. The smallest absolute Gasteiger partial charge is 0.352 e. The van der Waals surface area contributed by atoms with Gasteiger partial charge in [-0.3, -0.25) is 4.79 Å². The van der Waals surface area contributed by atoms with Gasteiger partial charge in [-0.1, -0.05) is 0 Å². The van der Waals surface area contributed by atoms with Crippen molar-refractivity contribution >= 4 is 22.8 Å². The summed E-state index contributed by atoms with van der Waals surface area (Å²) >= 11 is 0. The van der Waals surface area contributed by atoms with Gasteiger partial charge in [-0.25, -0.2) is 4.79 Å². The number of carboxylic acids is 2. The highest BCUT2D eigenvalue weighted by Gasteiger charge is 2.15. The Kier molecular flexibility index (Phi) is 3.41. The van der Waals surface area contributed by atoms with Crippen LogP contribution in [0.2, 0.25) is 0 Å². The molecule has 2 rings (SSSR count). The minimum Gasteiger partial charge on any atom is -0.497 e. The molecule has 0 unspecified atom stereocenters. The highest BCUT2D eigenvalue weighted by Crippen LogP contribution is 2.25. The number of aliphatic carboxylic acids is 1. The zero-order valence-corrected chi connectivity index (χ0v) is 10.3. The van der Waals surface area contributed by atoms with Crippen LogP contribution < -0.4 is 4.74 Å². The lowest BCUT2D eigenvalue weighted by molar-refractivity contribution is -0.137. The van der Waals surface area contributed by atoms with Crippen LogP contribution in [-0.4, -0.2) is 33.8 Å². The Balaban J connectivity index is 2.53. The van der Waals surface area contributed by atoms with E-state index in [0.717, 1.165) is 0 Å². The molecule has 2 aromatic rings. The lowest BCUT2D eigenvalue weighted by Crippen LogP contribution is -2.11. The molecule has 1 aromatic heterocycles. The van der Waals surface area contributed by atoms with E-state index in [0.29, 0.717) is 16.7 Å². The molecule has 0 saturated heterocycles. The van der Waals surface area contributed by atoms with Gasteiger partial charge in [-0.2, -0.15) is 0 Å². The Morgan fingerprint density at radius 3 is 2.58 bits per heavy atom. The average molecular weight is 263 g/mol. The largest absolute Gasteiger partial charge is 0.497 e. The van der Waals surface area contributed by atoms with Gasteiger partial charge in [0, 0.05) is 17.4 Å². The van der Waals surface area contributed by atoms with Crippen molar-refractivity contribution in [1.29, 1.82) is 0 Å². The van der Waals surface area contributed by atoms with Gasteiger partial charge >= 0.3 is 11.9 Å². The lowest BCUT2D eigenvalue weighted by atomic mass is 10.2. The summed E-state index contributed by atoms with van der Waals surface area (Å²) < 4.78 is 6.57. The number of aromatic nitrogens is 1. The van der Waals surface area contributed by atoms with Crippen LogP contribution in [0.4, 0.5) is 0 Å². The summed E-state index contributed by atoms with van der Waals surface area (Å²) in [6.45, 7) is 0.118. The normalized spacial score (nSPS) is 10.6. The topological polar surface area (TPSA) is 88.8 Å². The third kappa shape index (κ3) is 2.52. The molecule has 6 nitrogen and oxygen atoms in total. The first kappa shape index (κ1) is 12.9. The monoisotopic (exact) mass is 263 g/mol. The molecule has 0 fully saturated rings. The molecule has 0 bridgehead atoms. The second-order valence-corrected chi connectivity index (χ2v) is 4.05. The van der Waals surface area contributed by atoms with Crippen molar-refractivity contribution in [3.63, 3.8) is 0 Å². The van der Waals surface area contributed by atoms with Crippen molar-refractivity contribution in [3.8, 4) is 5.75 Å². The van der Waals surface area contributed by atoms with E-state index >= 15 is 0 Å². The van der Waals surface area contributed by atoms with Gasteiger partial charge in [0.05, 0.1) is 13.5 Å². The van der Waals surface area contributed by atoms with E-state index in [4.69, 9.17) is 14.9 Å². The Labute approximate surface area is 108 Å². The Hall–Kier alpha value is -2.50. The number of carboxylic acid groups (broad SMARTS) is 2. The number of hydrogen-bond acceptors (Lipinski definition) is 3. The molecular formula is C13H13NO5. The molecule has 0 aliphatic rings. The van der Waals surface area contributed by atoms with Crippen molar-refractivity contribution in [3.05, 3.63) is 30.0 Å². The first-order chi connectivity index (χ1) is 9.02. The van der Waals surface area contributed by atoms with Crippen LogP contribution in [-0.2, 0) is 11.3 Å². The second kappa shape index (κ2) is 5.01. The summed E-state index contributed by atoms with van der Waals surface area (Å²) in [6, 6.07) is 6.68. The number of hydrogen-bond donors (Lipinski definition) is 2. The highest BCUT2D eigenvalue weighted by atomic mass is 16.5. The van der Waals surface area contributed by atoms with Crippen molar-refractivity contribution in [2.75, 3.05) is 7.11 Å². The van der Waals surface area contributed by atoms with Crippen LogP contribution in [0.3, 0.4) is 0 Å². The number of carbonyl (C=O) groups is 2. The molecule has 19 heavy (non-hydrogen) atoms. The van der Waals surface area contributed by atoms with Crippen molar-refractivity contribution in [1.82, 2.24) is 4.57 Å². The molecule has 1 aromatic carbocycles. The number of nitrogens with zero attached hydrogens (tertiary/aromatic N) is 1. The zero-order chi connectivity index (χ0) is 14.0. The number of rotatable bonds is 5. The van der Waals surface area contributed by atoms with Gasteiger partial charge in [0.15, 0.2) is 0 Å². The predicted octanol–water partition coefficient (Wildman–Crippen LogP) is 1.82. The summed E-state index contributed by atoms with van der Waals surface area (Å²) in [6.07, 6.45) is -0.129. The Morgan fingerprint density at radius 2 is 2.00 bits per heavy atom. The molecule has 100 valence electrons. The molecule has 0 radical (unpaired) electrons. The summed E-state index contributed by atoms with van der Waals surface area (Å²) in [7, 11) is 1.53. The SMILES string of the molecule is COc1ccc2c(c1)cc(C(=O)O)n2CCC(=O)O. The van der Waals surface area contributed by atoms with E-state index in [1.165, 1.54) is 17.7 Å². The first-order valence-corrected chi connectivity index (χ1v) is 5.65. The maximum atomic E-state index is 11.2. The van der Waals surface area contributed by atoms with Crippen LogP contribution in [0.1, 0.15) is 16.9 Å². The average Bonchev–Trinajstić information content (AvgIpc) is 2.73. The molecule has 0 saturated carbocycles. The molecule has 0 atom stereocenters. The number of benzene rings is 1. The molecule has 2 N–H and O–H groups in total. The maximum Gasteiger partial charge on any atom is 0.352 e. The molecule has 1 heterocycles. The van der Waals surface area contributed by atoms with Gasteiger partial charge < -0.3 is 19.5 Å². The quantitative estimate of drug-likeness (QED) is 0.859. The van der Waals surface area contributed by atoms with Crippen molar-refractivity contribution in [2.45, 2.75) is 13.0 Å². The highest BCUT2D eigenvalue weighted by molar-refractivity contribution is 5.95. The van der Waals surface area contributed by atoms with Gasteiger partial charge in [-0.05, 0) is 24.3 Å². The van der Waals surface area contributed by atoms with Crippen LogP contribution in [0, 0.1) is 0 Å². The summed E-state index contributed by atoms with van der Waals surface area (Å²) in [5, 5.41) is 18.6. The molecular weight excluding hydrogens is 250 g/mol. The minimum atomic E-state index is -1.08. The number of ether oxygens (including phenoxy) is 1. The minimum absolute atomic E-state index is 0.0736. The first-order valence-electron chi connectivity index (χ1n) is 5.65. The van der Waals surface area contributed by atoms with Gasteiger partial charge in [0.2, 0.25) is 0 Å². The van der Waals surface area contributed by atoms with E-state index in [-0.39, 0.29) is 18.7 Å². The van der Waals surface area contributed by atoms with Gasteiger partial charge in [0.25, 0.3) is 0 Å². The fourth-order valence-electron chi connectivity index (χ4n) is 2.00. The fraction of sp³-hybridized carbons (Fsp3) is 0.231. The molecule has 6 heteroatoms. The molecule has 0 amide bonds. The maximum absolute atomic E-state index is 11.2. The van der Waals surface area contributed by atoms with E-state index in [1.807, 2.05) is 0 Å². The summed E-state index contributed by atoms with van der Waals surface area (Å²) in [5.41, 5.74) is 0.754. The Bertz CT molecular complexity index is 644. The van der Waals surface area contributed by atoms with Gasteiger partial charge in [-0.15, -0.1) is 0 Å². The number of methoxy groups -OCH3 is 1.